The van der Waals surface area contributed by atoms with Crippen LogP contribution >= 0.6 is 7.82 Å². The summed E-state index contributed by atoms with van der Waals surface area (Å²) in [4.78, 5) is 48.5. The van der Waals surface area contributed by atoms with Gasteiger partial charge in [-0.15, -0.1) is 0 Å². The molecule has 49 heavy (non-hydrogen) atoms. The van der Waals surface area contributed by atoms with Crippen LogP contribution in [0.2, 0.25) is 0 Å². The highest BCUT2D eigenvalue weighted by Crippen LogP contribution is 2.49. The maximum Gasteiger partial charge on any atom is 0.527 e. The molecule has 1 aliphatic heterocycles. The third kappa shape index (κ3) is 7.31. The molecule has 4 atom stereocenters. The minimum Gasteiger partial charge on any atom is -0.404 e. The number of nitro groups is 1. The number of nitrogens with zero attached hydrogens (tertiary/aromatic N) is 2. The summed E-state index contributed by atoms with van der Waals surface area (Å²) < 4.78 is 38.7. The standard InChI is InChI=1S/C35H32N3O10P/c1-24-22-37(34(40)36-33(24)39)32-21-30(48-49(43,44)47-29-19-17-28(18-20-29)38(41)42)31(46-32)23-45-35(25-11-5-2-6-12-25,26-13-7-3-8-14-26)27-15-9-4-10-16-27/h2-20,22,30-32H,21,23H2,1H3,(H,43,44)(H,36,39,40)/t30-,31+,32+/m0/s1. The van der Waals surface area contributed by atoms with Crippen molar-refractivity contribution in [1.82, 2.24) is 9.55 Å². The Morgan fingerprint density at radius 1 is 0.918 bits per heavy atom. The fraction of sp³-hybridized carbons (Fsp3) is 0.200. The van der Waals surface area contributed by atoms with Gasteiger partial charge in [-0.25, -0.2) is 9.36 Å². The van der Waals surface area contributed by atoms with Crippen LogP contribution in [0.15, 0.2) is 131 Å². The number of hydrogen-bond donors (Lipinski definition) is 2. The van der Waals surface area contributed by atoms with Gasteiger partial charge in [-0.2, -0.15) is 0 Å². The van der Waals surface area contributed by atoms with Gasteiger partial charge in [-0.1, -0.05) is 91.0 Å². The maximum absolute atomic E-state index is 13.3. The molecule has 14 heteroatoms. The lowest BCUT2D eigenvalue weighted by molar-refractivity contribution is -0.384. The van der Waals surface area contributed by atoms with Crippen LogP contribution in [0.3, 0.4) is 0 Å². The zero-order valence-corrected chi connectivity index (χ0v) is 27.1. The lowest BCUT2D eigenvalue weighted by Crippen LogP contribution is -2.38. The number of nitrogens with one attached hydrogen (secondary N) is 1. The van der Waals surface area contributed by atoms with E-state index in [-0.39, 0.29) is 30.0 Å². The molecule has 1 saturated heterocycles. The summed E-state index contributed by atoms with van der Waals surface area (Å²) in [7, 11) is -4.88. The van der Waals surface area contributed by atoms with Crippen molar-refractivity contribution in [3.05, 3.63) is 175 Å². The van der Waals surface area contributed by atoms with Crippen molar-refractivity contribution in [3.63, 3.8) is 0 Å². The summed E-state index contributed by atoms with van der Waals surface area (Å²) in [5.74, 6) is -0.136. The van der Waals surface area contributed by atoms with E-state index in [1.165, 1.54) is 29.8 Å². The van der Waals surface area contributed by atoms with E-state index in [0.29, 0.717) is 0 Å². The zero-order chi connectivity index (χ0) is 34.6. The molecular weight excluding hydrogens is 653 g/mol. The van der Waals surface area contributed by atoms with Gasteiger partial charge in [0.25, 0.3) is 11.2 Å². The predicted octanol–water partition coefficient (Wildman–Crippen LogP) is 5.61. The number of benzene rings is 4. The van der Waals surface area contributed by atoms with Crippen LogP contribution in [0.1, 0.15) is 34.9 Å². The molecule has 1 unspecified atom stereocenters. The summed E-state index contributed by atoms with van der Waals surface area (Å²) in [6.07, 6.45) is -1.94. The summed E-state index contributed by atoms with van der Waals surface area (Å²) >= 11 is 0. The van der Waals surface area contributed by atoms with Crippen molar-refractivity contribution in [2.75, 3.05) is 6.61 Å². The van der Waals surface area contributed by atoms with Gasteiger partial charge in [0, 0.05) is 30.3 Å². The average Bonchev–Trinajstić information content (AvgIpc) is 3.49. The Hall–Kier alpha value is -5.17. The number of rotatable bonds is 12. The van der Waals surface area contributed by atoms with Crippen LogP contribution in [0, 0.1) is 17.0 Å². The molecule has 13 nitrogen and oxygen atoms in total. The predicted molar refractivity (Wildman–Crippen MR) is 178 cm³/mol. The van der Waals surface area contributed by atoms with E-state index in [2.05, 4.69) is 4.98 Å². The summed E-state index contributed by atoms with van der Waals surface area (Å²) in [5.41, 5.74) is -0.0105. The van der Waals surface area contributed by atoms with Crippen LogP contribution in [-0.2, 0) is 24.2 Å². The monoisotopic (exact) mass is 685 g/mol. The van der Waals surface area contributed by atoms with E-state index < -0.39 is 48.0 Å². The van der Waals surface area contributed by atoms with E-state index in [1.807, 2.05) is 91.0 Å². The van der Waals surface area contributed by atoms with Gasteiger partial charge in [0.05, 0.1) is 11.5 Å². The SMILES string of the molecule is Cc1cn([C@H]2C[C@H](OP(=O)(O)Oc3ccc([N+](=O)[O-])cc3)[C@@H](COC(c3ccccc3)(c3ccccc3)c3ccccc3)O2)c(=O)[nH]c1=O. The topological polar surface area (TPSA) is 172 Å². The Balaban J connectivity index is 1.36. The highest BCUT2D eigenvalue weighted by molar-refractivity contribution is 7.47. The molecule has 1 aliphatic rings. The Labute approximate surface area is 280 Å². The molecule has 0 bridgehead atoms. The molecule has 0 radical (unpaired) electrons. The fourth-order valence-electron chi connectivity index (χ4n) is 5.86. The second kappa shape index (κ2) is 14.1. The Morgan fingerprint density at radius 2 is 1.45 bits per heavy atom. The first kappa shape index (κ1) is 33.7. The average molecular weight is 686 g/mol. The first-order valence-electron chi connectivity index (χ1n) is 15.3. The first-order valence-corrected chi connectivity index (χ1v) is 16.8. The molecule has 4 aromatic carbocycles. The number of non-ortho nitro benzene ring substituents is 1. The van der Waals surface area contributed by atoms with Gasteiger partial charge in [-0.05, 0) is 35.7 Å². The van der Waals surface area contributed by atoms with Crippen molar-refractivity contribution in [1.29, 1.82) is 0 Å². The summed E-state index contributed by atoms with van der Waals surface area (Å²) in [6.45, 7) is 1.35. The smallest absolute Gasteiger partial charge is 0.404 e. The number of aromatic amines is 1. The second-order valence-electron chi connectivity index (χ2n) is 11.4. The normalized spacial score (nSPS) is 18.9. The molecular formula is C35H32N3O10P. The van der Waals surface area contributed by atoms with E-state index in [9.17, 15) is 29.2 Å². The number of nitro benzene ring substituents is 1. The van der Waals surface area contributed by atoms with Crippen molar-refractivity contribution < 1.29 is 32.9 Å². The second-order valence-corrected chi connectivity index (χ2v) is 12.7. The Kier molecular flexibility index (Phi) is 9.72. The number of hydrogen-bond acceptors (Lipinski definition) is 9. The minimum absolute atomic E-state index is 0.0946. The highest BCUT2D eigenvalue weighted by atomic mass is 31.2. The Bertz CT molecular complexity index is 1980. The third-order valence-corrected chi connectivity index (χ3v) is 9.16. The van der Waals surface area contributed by atoms with E-state index in [0.717, 1.165) is 28.8 Å². The molecule has 2 heterocycles. The van der Waals surface area contributed by atoms with Crippen LogP contribution in [0.4, 0.5) is 5.69 Å². The van der Waals surface area contributed by atoms with Gasteiger partial charge in [0.1, 0.15) is 29.8 Å². The number of aryl methyl sites for hydroxylation is 1. The van der Waals surface area contributed by atoms with Crippen LogP contribution in [0.25, 0.3) is 0 Å². The van der Waals surface area contributed by atoms with Crippen LogP contribution in [-0.4, -0.2) is 38.2 Å². The summed E-state index contributed by atoms with van der Waals surface area (Å²) in [5, 5.41) is 11.0. The van der Waals surface area contributed by atoms with Gasteiger partial charge < -0.3 is 14.0 Å². The maximum atomic E-state index is 13.3. The van der Waals surface area contributed by atoms with Gasteiger partial charge >= 0.3 is 13.5 Å². The molecule has 6 rings (SSSR count). The van der Waals surface area contributed by atoms with Crippen LogP contribution < -0.4 is 15.8 Å². The van der Waals surface area contributed by atoms with Crippen molar-refractivity contribution in [2.24, 2.45) is 0 Å². The first-order chi connectivity index (χ1) is 23.6. The van der Waals surface area contributed by atoms with Gasteiger partial charge in [-0.3, -0.25) is 33.9 Å². The van der Waals surface area contributed by atoms with Crippen molar-refractivity contribution in [2.45, 2.75) is 37.4 Å². The molecule has 0 aliphatic carbocycles. The van der Waals surface area contributed by atoms with E-state index >= 15 is 0 Å². The van der Waals surface area contributed by atoms with Gasteiger partial charge in [0.2, 0.25) is 0 Å². The number of phosphoric ester groups is 1. The molecule has 1 fully saturated rings. The Morgan fingerprint density at radius 3 is 1.96 bits per heavy atom. The van der Waals surface area contributed by atoms with E-state index in [1.54, 1.807) is 0 Å². The molecule has 0 spiro atoms. The lowest BCUT2D eigenvalue weighted by Gasteiger charge is -2.37. The molecule has 5 aromatic rings. The molecule has 252 valence electrons. The van der Waals surface area contributed by atoms with Gasteiger partial charge in [0.15, 0.2) is 0 Å². The van der Waals surface area contributed by atoms with Crippen molar-refractivity contribution >= 4 is 13.5 Å². The minimum atomic E-state index is -4.88. The molecule has 0 amide bonds. The number of phosphoric acid groups is 1. The molecule has 0 saturated carbocycles. The number of H-pyrrole nitrogens is 1. The third-order valence-electron chi connectivity index (χ3n) is 8.18. The van der Waals surface area contributed by atoms with E-state index in [4.69, 9.17) is 18.5 Å². The zero-order valence-electron chi connectivity index (χ0n) is 26.2. The fourth-order valence-corrected chi connectivity index (χ4v) is 6.86. The largest absolute Gasteiger partial charge is 0.527 e. The molecule has 2 N–H and O–H groups in total. The highest BCUT2D eigenvalue weighted by Gasteiger charge is 2.45. The molecule has 1 aromatic heterocycles. The van der Waals surface area contributed by atoms with Crippen LogP contribution in [0.5, 0.6) is 5.75 Å². The lowest BCUT2D eigenvalue weighted by atomic mass is 9.80. The number of aromatic nitrogens is 2. The number of ether oxygens (including phenoxy) is 2. The van der Waals surface area contributed by atoms with Crippen molar-refractivity contribution in [3.8, 4) is 5.75 Å². The summed E-state index contributed by atoms with van der Waals surface area (Å²) in [6, 6.07) is 33.3. The quantitative estimate of drug-likeness (QED) is 0.0727.